The van der Waals surface area contributed by atoms with Gasteiger partial charge < -0.3 is 9.80 Å². The van der Waals surface area contributed by atoms with Gasteiger partial charge >= 0.3 is 20.1 Å². The fourth-order valence-electron chi connectivity index (χ4n) is 4.30. The molecule has 166 valence electrons. The van der Waals surface area contributed by atoms with Gasteiger partial charge in [0.2, 0.25) is 5.69 Å². The van der Waals surface area contributed by atoms with Crippen molar-refractivity contribution >= 4 is 17.5 Å². The largest absolute Gasteiger partial charge is 3.00 e. The Morgan fingerprint density at radius 2 is 1.88 bits per heavy atom. The monoisotopic (exact) mass is 621 g/mol. The zero-order valence-corrected chi connectivity index (χ0v) is 20.7. The van der Waals surface area contributed by atoms with Crippen LogP contribution in [0.15, 0.2) is 91.8 Å². The standard InChI is InChI=1S/C17H10N4.C10H10N2.Ir/c1-2-6-13-11(4-1)8-14-16-12(5-3-7-19-16)17-15(21(13)14)9-18-10-20-17;1-11-7-8-12(9-11)10-5-3-2-4-6-10;/h1-7,9-10,14H;2-5,7-9H,1H3;/q;-2;+3. The maximum Gasteiger partial charge on any atom is 3.00 e. The van der Waals surface area contributed by atoms with E-state index in [1.54, 1.807) is 6.33 Å². The third-order valence-corrected chi connectivity index (χ3v) is 5.76. The summed E-state index contributed by atoms with van der Waals surface area (Å²) in [6, 6.07) is 23.3. The van der Waals surface area contributed by atoms with Crippen LogP contribution in [0, 0.1) is 12.7 Å². The first-order valence-corrected chi connectivity index (χ1v) is 10.7. The predicted octanol–water partition coefficient (Wildman–Crippen LogP) is 2.91. The number of hydrogen-bond acceptors (Lipinski definition) is 5. The zero-order valence-electron chi connectivity index (χ0n) is 18.3. The van der Waals surface area contributed by atoms with Crippen molar-refractivity contribution in [3.8, 4) is 11.3 Å². The molecule has 0 amide bonds. The maximum atomic E-state index is 4.58. The molecular formula is C27H20IrN6+. The summed E-state index contributed by atoms with van der Waals surface area (Å²) in [7, 11) is 2.00. The maximum absolute atomic E-state index is 4.58. The SMILES string of the molecule is CN1C=CN(c2[c-]cccc2)[CH-]1.[C-]1=c2ccccc2=[N+]2c3cncnc3-c3cccnc3C12.[Ir+3]. The Hall–Kier alpha value is -3.67. The van der Waals surface area contributed by atoms with Gasteiger partial charge in [-0.2, -0.15) is 43.1 Å². The van der Waals surface area contributed by atoms with E-state index in [9.17, 15) is 0 Å². The number of anilines is 1. The number of pyridine rings is 1. The Kier molecular flexibility index (Phi) is 6.05. The van der Waals surface area contributed by atoms with E-state index in [1.807, 2.05) is 90.8 Å². The molecule has 1 unspecified atom stereocenters. The van der Waals surface area contributed by atoms with Gasteiger partial charge in [-0.3, -0.25) is 4.98 Å². The van der Waals surface area contributed by atoms with Crippen molar-refractivity contribution in [1.29, 1.82) is 0 Å². The van der Waals surface area contributed by atoms with Crippen molar-refractivity contribution in [2.75, 3.05) is 11.9 Å². The van der Waals surface area contributed by atoms with Gasteiger partial charge in [0.25, 0.3) is 0 Å². The molecule has 2 aromatic carbocycles. The molecule has 4 aromatic rings. The summed E-state index contributed by atoms with van der Waals surface area (Å²) in [5.74, 6) is 0. The average Bonchev–Trinajstić information content (AvgIpc) is 3.49. The summed E-state index contributed by atoms with van der Waals surface area (Å²) in [5.41, 5.74) is 5.08. The van der Waals surface area contributed by atoms with Gasteiger partial charge in [-0.1, -0.05) is 6.07 Å². The summed E-state index contributed by atoms with van der Waals surface area (Å²) in [4.78, 5) is 17.3. The van der Waals surface area contributed by atoms with Crippen molar-refractivity contribution in [1.82, 2.24) is 24.4 Å². The van der Waals surface area contributed by atoms with E-state index in [1.165, 1.54) is 0 Å². The molecule has 2 aromatic heterocycles. The number of hydrogen-bond donors (Lipinski definition) is 0. The zero-order chi connectivity index (χ0) is 22.2. The van der Waals surface area contributed by atoms with Crippen LogP contribution in [0.3, 0.4) is 0 Å². The summed E-state index contributed by atoms with van der Waals surface area (Å²) in [5, 5.41) is 2.24. The third-order valence-electron chi connectivity index (χ3n) is 5.76. The van der Waals surface area contributed by atoms with Crippen LogP contribution >= 0.6 is 0 Å². The quantitative estimate of drug-likeness (QED) is 0.242. The normalized spacial score (nSPS) is 16.3. The minimum Gasteiger partial charge on any atom is -0.510 e. The van der Waals surface area contributed by atoms with Gasteiger partial charge in [-0.05, 0) is 37.6 Å². The van der Waals surface area contributed by atoms with Gasteiger partial charge in [0.05, 0.1) is 0 Å². The molecule has 7 rings (SSSR count). The summed E-state index contributed by atoms with van der Waals surface area (Å²) >= 11 is 0. The second kappa shape index (κ2) is 9.29. The van der Waals surface area contributed by atoms with Crippen LogP contribution in [0.2, 0.25) is 0 Å². The van der Waals surface area contributed by atoms with Gasteiger partial charge in [0.1, 0.15) is 29.3 Å². The molecule has 0 fully saturated rings. The number of rotatable bonds is 1. The molecule has 3 aliphatic heterocycles. The summed E-state index contributed by atoms with van der Waals surface area (Å²) < 4.78 is 2.22. The number of nitrogens with zero attached hydrogens (tertiary/aromatic N) is 6. The van der Waals surface area contributed by atoms with Gasteiger partial charge in [0, 0.05) is 11.8 Å². The molecule has 0 N–H and O–H groups in total. The topological polar surface area (TPSA) is 48.2 Å². The van der Waals surface area contributed by atoms with Crippen molar-refractivity contribution in [3.63, 3.8) is 0 Å². The minimum atomic E-state index is -0.00269. The van der Waals surface area contributed by atoms with E-state index in [2.05, 4.69) is 49.9 Å². The molecule has 34 heavy (non-hydrogen) atoms. The van der Waals surface area contributed by atoms with E-state index in [0.717, 1.165) is 38.9 Å². The van der Waals surface area contributed by atoms with Crippen molar-refractivity contribution in [2.24, 2.45) is 0 Å². The molecule has 3 aliphatic rings. The molecule has 6 nitrogen and oxygen atoms in total. The van der Waals surface area contributed by atoms with E-state index in [-0.39, 0.29) is 26.1 Å². The fourth-order valence-corrected chi connectivity index (χ4v) is 4.30. The first kappa shape index (κ1) is 22.1. The smallest absolute Gasteiger partial charge is 0.510 e. The van der Waals surface area contributed by atoms with E-state index < -0.39 is 0 Å². The second-order valence-electron chi connectivity index (χ2n) is 7.86. The number of aromatic nitrogens is 3. The third kappa shape index (κ3) is 3.83. The second-order valence-corrected chi connectivity index (χ2v) is 7.86. The Labute approximate surface area is 211 Å². The van der Waals surface area contributed by atoms with Crippen LogP contribution in [0.4, 0.5) is 11.4 Å². The first-order chi connectivity index (χ1) is 16.3. The van der Waals surface area contributed by atoms with Gasteiger partial charge in [-0.25, -0.2) is 14.5 Å². The van der Waals surface area contributed by atoms with Crippen LogP contribution in [0.5, 0.6) is 0 Å². The Morgan fingerprint density at radius 3 is 2.71 bits per heavy atom. The molecule has 0 bridgehead atoms. The molecule has 0 saturated carbocycles. The number of benzene rings is 2. The molecular weight excluding hydrogens is 601 g/mol. The summed E-state index contributed by atoms with van der Waals surface area (Å²) in [6.45, 7) is 2.01. The van der Waals surface area contributed by atoms with Crippen molar-refractivity contribution in [2.45, 2.75) is 6.04 Å². The Morgan fingerprint density at radius 1 is 1.00 bits per heavy atom. The molecule has 1 atom stereocenters. The van der Waals surface area contributed by atoms with E-state index >= 15 is 0 Å². The summed E-state index contributed by atoms with van der Waals surface area (Å²) in [6.07, 6.45) is 12.8. The van der Waals surface area contributed by atoms with E-state index in [4.69, 9.17) is 0 Å². The average molecular weight is 621 g/mol. The number of fused-ring (bicyclic) bond motifs is 7. The minimum absolute atomic E-state index is 0. The first-order valence-electron chi connectivity index (χ1n) is 10.7. The van der Waals surface area contributed by atoms with Crippen LogP contribution in [-0.4, -0.2) is 26.9 Å². The van der Waals surface area contributed by atoms with Crippen LogP contribution in [0.1, 0.15) is 11.7 Å². The molecule has 0 spiro atoms. The van der Waals surface area contributed by atoms with Crippen molar-refractivity contribution < 1.29 is 20.1 Å². The fraction of sp³-hybridized carbons (Fsp3) is 0.0741. The van der Waals surface area contributed by atoms with E-state index in [0.29, 0.717) is 0 Å². The Bertz CT molecular complexity index is 1480. The van der Waals surface area contributed by atoms with Crippen LogP contribution in [-0.2, 0) is 20.1 Å². The number of para-hydroxylation sites is 2. The van der Waals surface area contributed by atoms with Crippen molar-refractivity contribution in [3.05, 3.63) is 121 Å². The molecule has 0 aliphatic carbocycles. The molecule has 5 heterocycles. The Balaban J connectivity index is 0.000000159. The molecule has 0 radical (unpaired) electrons. The van der Waals surface area contributed by atoms with Gasteiger partial charge in [0.15, 0.2) is 6.04 Å². The van der Waals surface area contributed by atoms with Crippen LogP contribution < -0.4 is 20.1 Å². The van der Waals surface area contributed by atoms with Crippen LogP contribution in [0.25, 0.3) is 17.3 Å². The molecule has 0 saturated heterocycles. The molecule has 7 heteroatoms. The predicted molar refractivity (Wildman–Crippen MR) is 127 cm³/mol. The van der Waals surface area contributed by atoms with Gasteiger partial charge in [-0.15, -0.1) is 23.0 Å².